The number of nitriles is 1. The largest absolute Gasteiger partial charge is 0.197 e. The lowest BCUT2D eigenvalue weighted by Gasteiger charge is -2.06. The van der Waals surface area contributed by atoms with Gasteiger partial charge in [0.2, 0.25) is 0 Å². The lowest BCUT2D eigenvalue weighted by molar-refractivity contribution is 0.911. The molecule has 0 aromatic heterocycles. The van der Waals surface area contributed by atoms with Crippen LogP contribution in [0.1, 0.15) is 20.3 Å². The highest BCUT2D eigenvalue weighted by atomic mass is 32.2. The van der Waals surface area contributed by atoms with Gasteiger partial charge in [0, 0.05) is 5.25 Å². The Bertz CT molecular complexity index is 162. The molecule has 0 aromatic carbocycles. The molecule has 0 bridgehead atoms. The maximum absolute atomic E-state index is 8.27. The molecule has 0 fully saturated rings. The summed E-state index contributed by atoms with van der Waals surface area (Å²) >= 11 is 8.17. The second-order valence-corrected chi connectivity index (χ2v) is 5.65. The fourth-order valence-electron chi connectivity index (χ4n) is 0.373. The van der Waals surface area contributed by atoms with E-state index >= 15 is 0 Å². The Morgan fingerprint density at radius 1 is 1.73 bits per heavy atom. The number of rotatable bonds is 3. The molecule has 0 aliphatic carbocycles. The lowest BCUT2D eigenvalue weighted by atomic mass is 10.4. The minimum Gasteiger partial charge on any atom is -0.197 e. The van der Waals surface area contributed by atoms with Crippen molar-refractivity contribution in [1.29, 1.82) is 5.26 Å². The molecule has 0 saturated heterocycles. The summed E-state index contributed by atoms with van der Waals surface area (Å²) in [5.74, 6) is 0.474. The summed E-state index contributed by atoms with van der Waals surface area (Å²) in [6.45, 7) is 4.28. The smallest absolute Gasteiger partial charge is 0.105 e. The van der Waals surface area contributed by atoms with Crippen LogP contribution in [0.2, 0.25) is 0 Å². The number of hydrogen-bond donors (Lipinski definition) is 0. The minimum atomic E-state index is 0.474. The van der Waals surface area contributed by atoms with E-state index in [-0.39, 0.29) is 0 Å². The van der Waals surface area contributed by atoms with Crippen LogP contribution in [0.3, 0.4) is 0 Å². The maximum atomic E-state index is 8.27. The van der Waals surface area contributed by atoms with E-state index in [0.717, 1.165) is 9.95 Å². The molecule has 0 N–H and O–H groups in total. The fourth-order valence-corrected chi connectivity index (χ4v) is 2.66. The van der Waals surface area contributed by atoms with E-state index in [1.165, 1.54) is 11.8 Å². The molecular formula is C7H11NS3. The van der Waals surface area contributed by atoms with E-state index in [4.69, 9.17) is 17.5 Å². The lowest BCUT2D eigenvalue weighted by Crippen LogP contribution is -1.96. The van der Waals surface area contributed by atoms with E-state index in [1.807, 2.05) is 0 Å². The number of thioether (sulfide) groups is 2. The van der Waals surface area contributed by atoms with Crippen molar-refractivity contribution in [3.8, 4) is 6.07 Å². The van der Waals surface area contributed by atoms with Gasteiger partial charge in [0.05, 0.1) is 11.8 Å². The van der Waals surface area contributed by atoms with Crippen LogP contribution < -0.4 is 0 Å². The highest BCUT2D eigenvalue weighted by Crippen LogP contribution is 2.22. The van der Waals surface area contributed by atoms with E-state index in [1.54, 1.807) is 11.8 Å². The second kappa shape index (κ2) is 6.96. The van der Waals surface area contributed by atoms with Crippen LogP contribution >= 0.6 is 35.7 Å². The number of thiocarbonyl (C=S) groups is 1. The van der Waals surface area contributed by atoms with Crippen LogP contribution in [0, 0.1) is 11.3 Å². The van der Waals surface area contributed by atoms with Gasteiger partial charge >= 0.3 is 0 Å². The molecule has 0 rings (SSSR count). The Labute approximate surface area is 81.9 Å². The Hall–Kier alpha value is 0.280. The molecule has 62 valence electrons. The third-order valence-electron chi connectivity index (χ3n) is 1.13. The van der Waals surface area contributed by atoms with Crippen molar-refractivity contribution in [3.05, 3.63) is 0 Å². The molecule has 0 saturated carbocycles. The van der Waals surface area contributed by atoms with Gasteiger partial charge in [-0.25, -0.2) is 0 Å². The Morgan fingerprint density at radius 3 is 2.82 bits per heavy atom. The first-order valence-electron chi connectivity index (χ1n) is 3.41. The van der Waals surface area contributed by atoms with Crippen molar-refractivity contribution in [1.82, 2.24) is 0 Å². The number of hydrogen-bond acceptors (Lipinski definition) is 4. The average molecular weight is 205 g/mol. The van der Waals surface area contributed by atoms with Gasteiger partial charge in [-0.3, -0.25) is 0 Å². The van der Waals surface area contributed by atoms with Crippen molar-refractivity contribution in [2.75, 3.05) is 5.75 Å². The summed E-state index contributed by atoms with van der Waals surface area (Å²) in [5.41, 5.74) is 0. The summed E-state index contributed by atoms with van der Waals surface area (Å²) in [7, 11) is 0. The fraction of sp³-hybridized carbons (Fsp3) is 0.714. The first kappa shape index (κ1) is 11.3. The average Bonchev–Trinajstić information content (AvgIpc) is 2.00. The van der Waals surface area contributed by atoms with E-state index in [9.17, 15) is 0 Å². The molecular weight excluding hydrogens is 194 g/mol. The molecule has 4 heteroatoms. The van der Waals surface area contributed by atoms with Gasteiger partial charge in [0.1, 0.15) is 3.53 Å². The van der Waals surface area contributed by atoms with Crippen molar-refractivity contribution < 1.29 is 0 Å². The summed E-state index contributed by atoms with van der Waals surface area (Å²) in [4.78, 5) is 0. The molecule has 0 amide bonds. The highest BCUT2D eigenvalue weighted by molar-refractivity contribution is 8.47. The van der Waals surface area contributed by atoms with Gasteiger partial charge in [-0.05, 0) is 6.42 Å². The van der Waals surface area contributed by atoms with E-state index in [2.05, 4.69) is 19.9 Å². The van der Waals surface area contributed by atoms with Gasteiger partial charge in [-0.1, -0.05) is 37.8 Å². The van der Waals surface area contributed by atoms with Crippen LogP contribution in [0.15, 0.2) is 0 Å². The van der Waals surface area contributed by atoms with Crippen molar-refractivity contribution in [3.63, 3.8) is 0 Å². The van der Waals surface area contributed by atoms with Crippen molar-refractivity contribution in [2.45, 2.75) is 25.5 Å². The molecule has 0 aliphatic rings. The maximum Gasteiger partial charge on any atom is 0.105 e. The van der Waals surface area contributed by atoms with Gasteiger partial charge in [0.25, 0.3) is 0 Å². The topological polar surface area (TPSA) is 23.8 Å². The van der Waals surface area contributed by atoms with Gasteiger partial charge in [-0.2, -0.15) is 5.26 Å². The molecule has 0 aliphatic heterocycles. The second-order valence-electron chi connectivity index (χ2n) is 2.03. The van der Waals surface area contributed by atoms with Crippen LogP contribution in [-0.4, -0.2) is 14.5 Å². The molecule has 0 radical (unpaired) electrons. The molecule has 0 aromatic rings. The van der Waals surface area contributed by atoms with Gasteiger partial charge in [0.15, 0.2) is 0 Å². The summed E-state index contributed by atoms with van der Waals surface area (Å²) < 4.78 is 0.890. The summed E-state index contributed by atoms with van der Waals surface area (Å²) in [6.07, 6.45) is 1.12. The highest BCUT2D eigenvalue weighted by Gasteiger charge is 2.03. The zero-order valence-corrected chi connectivity index (χ0v) is 9.11. The van der Waals surface area contributed by atoms with Crippen LogP contribution in [0.5, 0.6) is 0 Å². The SMILES string of the molecule is CCC(C)SC(=S)SCC#N. The third-order valence-corrected chi connectivity index (χ3v) is 3.85. The molecule has 0 heterocycles. The Kier molecular flexibility index (Phi) is 7.13. The van der Waals surface area contributed by atoms with Gasteiger partial charge in [-0.15, -0.1) is 11.8 Å². The molecule has 1 atom stereocenters. The molecule has 1 nitrogen and oxygen atoms in total. The Balaban J connectivity index is 3.45. The van der Waals surface area contributed by atoms with E-state index in [0.29, 0.717) is 11.0 Å². The quantitative estimate of drug-likeness (QED) is 0.661. The standard InChI is InChI=1S/C7H11NS3/c1-3-6(2)11-7(9)10-5-4-8/h6H,3,5H2,1-2H3. The molecule has 0 spiro atoms. The predicted octanol–water partition coefficient (Wildman–Crippen LogP) is 3.06. The predicted molar refractivity (Wildman–Crippen MR) is 58.0 cm³/mol. The zero-order valence-electron chi connectivity index (χ0n) is 6.66. The number of nitrogens with zero attached hydrogens (tertiary/aromatic N) is 1. The van der Waals surface area contributed by atoms with Crippen molar-refractivity contribution >= 4 is 39.3 Å². The molecule has 1 unspecified atom stereocenters. The Morgan fingerprint density at radius 2 is 2.36 bits per heavy atom. The normalized spacial score (nSPS) is 12.1. The van der Waals surface area contributed by atoms with Crippen LogP contribution in [-0.2, 0) is 0 Å². The monoisotopic (exact) mass is 205 g/mol. The minimum absolute atomic E-state index is 0.474. The first-order chi connectivity index (χ1) is 5.20. The summed E-state index contributed by atoms with van der Waals surface area (Å²) in [5, 5.41) is 8.84. The third kappa shape index (κ3) is 6.67. The molecule has 11 heavy (non-hydrogen) atoms. The van der Waals surface area contributed by atoms with E-state index < -0.39 is 0 Å². The zero-order chi connectivity index (χ0) is 8.69. The first-order valence-corrected chi connectivity index (χ1v) is 5.68. The van der Waals surface area contributed by atoms with Gasteiger partial charge < -0.3 is 0 Å². The van der Waals surface area contributed by atoms with Crippen LogP contribution in [0.25, 0.3) is 0 Å². The van der Waals surface area contributed by atoms with Crippen LogP contribution in [0.4, 0.5) is 0 Å². The van der Waals surface area contributed by atoms with Crippen molar-refractivity contribution in [2.24, 2.45) is 0 Å². The summed E-state index contributed by atoms with van der Waals surface area (Å²) in [6, 6.07) is 2.05.